The van der Waals surface area contributed by atoms with Gasteiger partial charge in [0, 0.05) is 17.5 Å². The number of nitrogens with one attached hydrogen (secondary N) is 2. The van der Waals surface area contributed by atoms with Gasteiger partial charge in [0.25, 0.3) is 0 Å². The van der Waals surface area contributed by atoms with Crippen molar-refractivity contribution in [3.05, 3.63) is 64.4 Å². The van der Waals surface area contributed by atoms with Gasteiger partial charge in [0.2, 0.25) is 17.7 Å². The molecule has 3 amide bonds. The molecule has 9 heteroatoms. The van der Waals surface area contributed by atoms with E-state index < -0.39 is 29.1 Å². The molecule has 0 radical (unpaired) electrons. The Morgan fingerprint density at radius 1 is 1.10 bits per heavy atom. The quantitative estimate of drug-likeness (QED) is 0.455. The van der Waals surface area contributed by atoms with E-state index in [0.29, 0.717) is 19.5 Å². The van der Waals surface area contributed by atoms with Crippen LogP contribution in [0.3, 0.4) is 0 Å². The van der Waals surface area contributed by atoms with E-state index in [4.69, 9.17) is 9.47 Å². The first-order chi connectivity index (χ1) is 19.3. The molecule has 2 saturated heterocycles. The van der Waals surface area contributed by atoms with Gasteiger partial charge in [0.05, 0.1) is 31.1 Å². The van der Waals surface area contributed by atoms with E-state index in [2.05, 4.69) is 10.6 Å². The van der Waals surface area contributed by atoms with Crippen molar-refractivity contribution in [2.45, 2.75) is 75.3 Å². The zero-order chi connectivity index (χ0) is 27.9. The zero-order valence-corrected chi connectivity index (χ0v) is 23.9. The maximum absolute atomic E-state index is 14.2. The minimum atomic E-state index is -1.17. The molecular weight excluding hydrogens is 526 g/mol. The van der Waals surface area contributed by atoms with E-state index in [-0.39, 0.29) is 23.8 Å². The molecule has 3 fully saturated rings. The molecule has 1 aromatic carbocycles. The first kappa shape index (κ1) is 27.0. The maximum atomic E-state index is 14.2. The van der Waals surface area contributed by atoms with Crippen LogP contribution in [0.5, 0.6) is 5.75 Å². The molecule has 40 heavy (non-hydrogen) atoms. The van der Waals surface area contributed by atoms with E-state index in [1.54, 1.807) is 23.3 Å². The van der Waals surface area contributed by atoms with Crippen LogP contribution >= 0.6 is 11.3 Å². The van der Waals surface area contributed by atoms with Crippen LogP contribution in [-0.4, -0.2) is 59.6 Å². The zero-order valence-electron chi connectivity index (χ0n) is 23.1. The van der Waals surface area contributed by atoms with Crippen molar-refractivity contribution in [3.63, 3.8) is 0 Å². The second kappa shape index (κ2) is 10.7. The van der Waals surface area contributed by atoms with Gasteiger partial charge in [-0.05, 0) is 55.3 Å². The number of thiophene rings is 1. The van der Waals surface area contributed by atoms with Crippen molar-refractivity contribution in [2.75, 3.05) is 13.7 Å². The van der Waals surface area contributed by atoms with Gasteiger partial charge in [-0.15, -0.1) is 11.3 Å². The molecule has 1 aliphatic carbocycles. The smallest absolute Gasteiger partial charge is 0.246 e. The number of benzene rings is 1. The highest BCUT2D eigenvalue weighted by atomic mass is 32.1. The van der Waals surface area contributed by atoms with E-state index in [1.165, 1.54) is 6.42 Å². The van der Waals surface area contributed by atoms with Gasteiger partial charge in [0.1, 0.15) is 17.4 Å². The SMILES string of the molecule is COc1ccc(CCN2C(=O)[C@@H]3[C@@H](C(=O)NCc4cccs4)[C@@]4(C)C=C[C@@]3(O4)[C@@H]2C(=O)NC2CCCCC2)cc1. The highest BCUT2D eigenvalue weighted by molar-refractivity contribution is 7.09. The third-order valence-corrected chi connectivity index (χ3v) is 9.97. The summed E-state index contributed by atoms with van der Waals surface area (Å²) >= 11 is 1.57. The molecule has 1 spiro atoms. The molecule has 1 aromatic heterocycles. The molecule has 2 bridgehead atoms. The Bertz CT molecular complexity index is 1290. The van der Waals surface area contributed by atoms with Gasteiger partial charge in [-0.3, -0.25) is 14.4 Å². The lowest BCUT2D eigenvalue weighted by atomic mass is 9.70. The fraction of sp³-hybridized carbons (Fsp3) is 0.516. The summed E-state index contributed by atoms with van der Waals surface area (Å²) < 4.78 is 11.9. The standard InChI is InChI=1S/C31H37N3O5S/c1-30-15-16-31(39-30)25(24(30)27(35)32-19-23-9-6-18-40-23)29(37)34(17-14-20-10-12-22(38-2)13-11-20)26(31)28(36)33-21-7-4-3-5-8-21/h6,9-13,15-16,18,21,24-26H,3-5,7-8,14,17,19H2,1-2H3,(H,32,35)(H,33,36)/t24-,25-,26-,30+,31-/m0/s1. The van der Waals surface area contributed by atoms with Crippen molar-refractivity contribution in [3.8, 4) is 5.75 Å². The van der Waals surface area contributed by atoms with Crippen LogP contribution < -0.4 is 15.4 Å². The Morgan fingerprint density at radius 2 is 1.88 bits per heavy atom. The second-order valence-corrected chi connectivity index (χ2v) is 12.6. The van der Waals surface area contributed by atoms with Crippen molar-refractivity contribution in [1.29, 1.82) is 0 Å². The predicted octanol–water partition coefficient (Wildman–Crippen LogP) is 3.61. The van der Waals surface area contributed by atoms with E-state index in [0.717, 1.165) is 41.9 Å². The van der Waals surface area contributed by atoms with Crippen molar-refractivity contribution in [1.82, 2.24) is 15.5 Å². The number of rotatable bonds is 9. The number of carbonyl (C=O) groups is 3. The maximum Gasteiger partial charge on any atom is 0.246 e. The van der Waals surface area contributed by atoms with Crippen LogP contribution in [0.1, 0.15) is 49.5 Å². The Labute approximate surface area is 239 Å². The van der Waals surface area contributed by atoms with E-state index >= 15 is 0 Å². The molecular formula is C31H37N3O5S. The Kier molecular flexibility index (Phi) is 7.21. The highest BCUT2D eigenvalue weighted by Crippen LogP contribution is 2.59. The highest BCUT2D eigenvalue weighted by Gasteiger charge is 2.76. The number of fused-ring (bicyclic) bond motifs is 1. The summed E-state index contributed by atoms with van der Waals surface area (Å²) in [5.74, 6) is -1.32. The van der Waals surface area contributed by atoms with Gasteiger partial charge in [-0.25, -0.2) is 0 Å². The monoisotopic (exact) mass is 563 g/mol. The average Bonchev–Trinajstić information content (AvgIpc) is 3.71. The lowest BCUT2D eigenvalue weighted by molar-refractivity contribution is -0.145. The lowest BCUT2D eigenvalue weighted by Gasteiger charge is -2.34. The number of hydrogen-bond acceptors (Lipinski definition) is 6. The first-order valence-electron chi connectivity index (χ1n) is 14.3. The second-order valence-electron chi connectivity index (χ2n) is 11.6. The largest absolute Gasteiger partial charge is 0.497 e. The molecule has 5 atom stereocenters. The molecule has 1 saturated carbocycles. The minimum absolute atomic E-state index is 0.0956. The Hall–Kier alpha value is -3.17. The number of hydrogen-bond donors (Lipinski definition) is 2. The topological polar surface area (TPSA) is 97.0 Å². The minimum Gasteiger partial charge on any atom is -0.497 e. The van der Waals surface area contributed by atoms with Crippen molar-refractivity contribution >= 4 is 29.1 Å². The van der Waals surface area contributed by atoms with E-state index in [9.17, 15) is 14.4 Å². The first-order valence-corrected chi connectivity index (χ1v) is 15.2. The third kappa shape index (κ3) is 4.63. The molecule has 2 N–H and O–H groups in total. The van der Waals surface area contributed by atoms with Crippen LogP contribution in [0.2, 0.25) is 0 Å². The third-order valence-electron chi connectivity index (χ3n) is 9.10. The Balaban J connectivity index is 1.28. The average molecular weight is 564 g/mol. The molecule has 8 nitrogen and oxygen atoms in total. The van der Waals surface area contributed by atoms with Gasteiger partial charge < -0.3 is 25.0 Å². The van der Waals surface area contributed by atoms with E-state index in [1.807, 2.05) is 60.9 Å². The molecule has 0 unspecified atom stereocenters. The summed E-state index contributed by atoms with van der Waals surface area (Å²) in [7, 11) is 1.63. The number of carbonyl (C=O) groups excluding carboxylic acids is 3. The van der Waals surface area contributed by atoms with Crippen LogP contribution in [0.15, 0.2) is 53.9 Å². The molecule has 3 aliphatic heterocycles. The van der Waals surface area contributed by atoms with Crippen LogP contribution in [0, 0.1) is 11.8 Å². The molecule has 4 aliphatic rings. The summed E-state index contributed by atoms with van der Waals surface area (Å²) in [5, 5.41) is 8.26. The van der Waals surface area contributed by atoms with Crippen LogP contribution in [0.4, 0.5) is 0 Å². The molecule has 2 aromatic rings. The normalized spacial score (nSPS) is 30.9. The number of amides is 3. The van der Waals surface area contributed by atoms with Gasteiger partial charge in [-0.1, -0.05) is 49.6 Å². The lowest BCUT2D eigenvalue weighted by Crippen LogP contribution is -2.57. The van der Waals surface area contributed by atoms with Crippen molar-refractivity contribution < 1.29 is 23.9 Å². The summed E-state index contributed by atoms with van der Waals surface area (Å²) in [6.45, 7) is 2.61. The fourth-order valence-corrected chi connectivity index (χ4v) is 7.78. The number of ether oxygens (including phenoxy) is 2. The number of methoxy groups -OCH3 is 1. The molecule has 212 valence electrons. The molecule has 4 heterocycles. The number of nitrogens with zero attached hydrogens (tertiary/aromatic N) is 1. The molecule has 6 rings (SSSR count). The van der Waals surface area contributed by atoms with Gasteiger partial charge in [0.15, 0.2) is 0 Å². The number of likely N-dealkylation sites (tertiary alicyclic amines) is 1. The fourth-order valence-electron chi connectivity index (χ4n) is 7.14. The van der Waals surface area contributed by atoms with Crippen LogP contribution in [0.25, 0.3) is 0 Å². The Morgan fingerprint density at radius 3 is 2.58 bits per heavy atom. The summed E-state index contributed by atoms with van der Waals surface area (Å²) in [6, 6.07) is 10.9. The summed E-state index contributed by atoms with van der Waals surface area (Å²) in [4.78, 5) is 44.6. The van der Waals surface area contributed by atoms with Gasteiger partial charge >= 0.3 is 0 Å². The van der Waals surface area contributed by atoms with Gasteiger partial charge in [-0.2, -0.15) is 0 Å². The van der Waals surface area contributed by atoms with Crippen molar-refractivity contribution in [2.24, 2.45) is 11.8 Å². The summed E-state index contributed by atoms with van der Waals surface area (Å²) in [6.07, 6.45) is 9.59. The van der Waals surface area contributed by atoms with Crippen LogP contribution in [-0.2, 0) is 32.1 Å². The summed E-state index contributed by atoms with van der Waals surface area (Å²) in [5.41, 5.74) is -1.09. The predicted molar refractivity (Wildman–Crippen MR) is 152 cm³/mol.